The molecule has 5 nitrogen and oxygen atoms in total. The molecule has 2 aromatic heterocycles. The maximum Gasteiger partial charge on any atom is 0.160 e. The number of fused-ring (bicyclic) bond motifs is 9. The third-order valence-corrected chi connectivity index (χ3v) is 11.4. The van der Waals surface area contributed by atoms with Gasteiger partial charge >= 0.3 is 0 Å². The smallest absolute Gasteiger partial charge is 0.160 e. The average molecular weight is 741 g/mol. The van der Waals surface area contributed by atoms with Crippen LogP contribution in [-0.2, 0) is 5.41 Å². The van der Waals surface area contributed by atoms with Gasteiger partial charge in [-0.2, -0.15) is 5.26 Å². The second-order valence-corrected chi connectivity index (χ2v) is 14.7. The Hall–Kier alpha value is -7.94. The van der Waals surface area contributed by atoms with Crippen molar-refractivity contribution in [1.29, 1.82) is 5.26 Å². The van der Waals surface area contributed by atoms with Gasteiger partial charge in [0.15, 0.2) is 5.82 Å². The van der Waals surface area contributed by atoms with Crippen LogP contribution < -0.4 is 4.74 Å². The topological polar surface area (TPSA) is 71.7 Å². The summed E-state index contributed by atoms with van der Waals surface area (Å²) in [5.74, 6) is 2.31. The fraction of sp³-hybridized carbons (Fsp3) is 0.0189. The van der Waals surface area contributed by atoms with Crippen LogP contribution in [0.4, 0.5) is 0 Å². The Morgan fingerprint density at radius 1 is 0.414 bits per heavy atom. The lowest BCUT2D eigenvalue weighted by Gasteiger charge is -2.39. The summed E-state index contributed by atoms with van der Waals surface area (Å²) >= 11 is 0. The van der Waals surface area contributed by atoms with Crippen molar-refractivity contribution in [2.24, 2.45) is 0 Å². The fourth-order valence-electron chi connectivity index (χ4n) is 8.79. The van der Waals surface area contributed by atoms with Crippen LogP contribution in [0.15, 0.2) is 194 Å². The average Bonchev–Trinajstić information content (AvgIpc) is 3.58. The summed E-state index contributed by atoms with van der Waals surface area (Å²) in [6, 6.07) is 66.9. The highest BCUT2D eigenvalue weighted by Crippen LogP contribution is 2.62. The summed E-state index contributed by atoms with van der Waals surface area (Å²) in [7, 11) is 0. The van der Waals surface area contributed by atoms with Crippen molar-refractivity contribution in [1.82, 2.24) is 15.0 Å². The first-order valence-corrected chi connectivity index (χ1v) is 19.3. The third kappa shape index (κ3) is 5.27. The molecule has 1 aliphatic carbocycles. The molecule has 0 radical (unpaired) electrons. The molecule has 7 aromatic carbocycles. The van der Waals surface area contributed by atoms with Crippen LogP contribution in [0.2, 0.25) is 0 Å². The van der Waals surface area contributed by atoms with Crippen LogP contribution in [0.3, 0.4) is 0 Å². The predicted molar refractivity (Wildman–Crippen MR) is 229 cm³/mol. The largest absolute Gasteiger partial charge is 0.457 e. The van der Waals surface area contributed by atoms with Crippen LogP contribution in [0.1, 0.15) is 27.8 Å². The predicted octanol–water partition coefficient (Wildman–Crippen LogP) is 12.5. The molecule has 0 fully saturated rings. The number of nitriles is 1. The summed E-state index contributed by atoms with van der Waals surface area (Å²) < 4.78 is 6.67. The van der Waals surface area contributed by atoms with Gasteiger partial charge in [0.2, 0.25) is 0 Å². The molecule has 58 heavy (non-hydrogen) atoms. The molecule has 2 aliphatic rings. The first-order chi connectivity index (χ1) is 28.7. The molecule has 1 aliphatic heterocycles. The van der Waals surface area contributed by atoms with Gasteiger partial charge in [-0.25, -0.2) is 9.97 Å². The second kappa shape index (κ2) is 13.4. The van der Waals surface area contributed by atoms with E-state index in [1.165, 1.54) is 0 Å². The number of hydrogen-bond donors (Lipinski definition) is 0. The number of pyridine rings is 1. The van der Waals surface area contributed by atoms with E-state index in [4.69, 9.17) is 19.7 Å². The van der Waals surface area contributed by atoms with E-state index in [9.17, 15) is 5.26 Å². The summed E-state index contributed by atoms with van der Waals surface area (Å²) in [6.45, 7) is 0. The van der Waals surface area contributed by atoms with Crippen LogP contribution >= 0.6 is 0 Å². The number of rotatable bonds is 5. The first-order valence-electron chi connectivity index (χ1n) is 19.3. The Morgan fingerprint density at radius 3 is 1.57 bits per heavy atom. The van der Waals surface area contributed by atoms with E-state index in [-0.39, 0.29) is 0 Å². The van der Waals surface area contributed by atoms with E-state index >= 15 is 0 Å². The molecule has 1 spiro atoms. The van der Waals surface area contributed by atoms with Gasteiger partial charge in [0.25, 0.3) is 0 Å². The van der Waals surface area contributed by atoms with Crippen molar-refractivity contribution in [3.05, 3.63) is 222 Å². The van der Waals surface area contributed by atoms with Crippen LogP contribution in [-0.4, -0.2) is 15.0 Å². The lowest BCUT2D eigenvalue weighted by atomic mass is 9.65. The maximum absolute atomic E-state index is 9.47. The minimum absolute atomic E-state index is 0.623. The molecule has 3 heterocycles. The molecule has 0 saturated heterocycles. The van der Waals surface area contributed by atoms with Crippen molar-refractivity contribution in [2.75, 3.05) is 0 Å². The molecule has 0 saturated carbocycles. The van der Waals surface area contributed by atoms with E-state index in [0.29, 0.717) is 11.4 Å². The van der Waals surface area contributed by atoms with Crippen LogP contribution in [0.5, 0.6) is 11.5 Å². The summed E-state index contributed by atoms with van der Waals surface area (Å²) in [4.78, 5) is 15.4. The van der Waals surface area contributed by atoms with Gasteiger partial charge in [-0.05, 0) is 76.3 Å². The molecule has 0 amide bonds. The quantitative estimate of drug-likeness (QED) is 0.176. The summed E-state index contributed by atoms with van der Waals surface area (Å²) in [5, 5.41) is 9.47. The van der Waals surface area contributed by atoms with Crippen molar-refractivity contribution >= 4 is 0 Å². The van der Waals surface area contributed by atoms with Crippen LogP contribution in [0.25, 0.3) is 67.4 Å². The van der Waals surface area contributed by atoms with E-state index < -0.39 is 5.41 Å². The summed E-state index contributed by atoms with van der Waals surface area (Å²) in [6.07, 6.45) is 1.89. The Labute approximate surface area is 336 Å². The van der Waals surface area contributed by atoms with Crippen molar-refractivity contribution in [3.8, 4) is 85.0 Å². The maximum atomic E-state index is 9.47. The molecule has 0 atom stereocenters. The lowest BCUT2D eigenvalue weighted by molar-refractivity contribution is 0.436. The van der Waals surface area contributed by atoms with Gasteiger partial charge < -0.3 is 4.74 Å². The zero-order valence-corrected chi connectivity index (χ0v) is 31.2. The van der Waals surface area contributed by atoms with Gasteiger partial charge in [0, 0.05) is 45.1 Å². The molecule has 0 N–H and O–H groups in total. The zero-order valence-electron chi connectivity index (χ0n) is 31.2. The lowest BCUT2D eigenvalue weighted by Crippen LogP contribution is -2.32. The molecular weight excluding hydrogens is 709 g/mol. The Bertz CT molecular complexity index is 2990. The minimum atomic E-state index is -0.709. The van der Waals surface area contributed by atoms with Gasteiger partial charge in [-0.3, -0.25) is 4.98 Å². The van der Waals surface area contributed by atoms with Crippen molar-refractivity contribution in [2.45, 2.75) is 5.41 Å². The Balaban J connectivity index is 1.12. The highest BCUT2D eigenvalue weighted by Gasteiger charge is 2.51. The molecule has 5 heteroatoms. The van der Waals surface area contributed by atoms with Crippen molar-refractivity contribution in [3.63, 3.8) is 0 Å². The number of ether oxygens (including phenoxy) is 1. The SMILES string of the molecule is N#Cc1cccc(-c2ccc(-c3ccc4c(c3)C3(c5ccccc5Oc5ccccc53)c3cc(-c5nc(-c6ccccc6)cc(-c6ccccc6)n5)ccc3-4)nc2)c1. The monoisotopic (exact) mass is 740 g/mol. The normalized spacial score (nSPS) is 12.7. The minimum Gasteiger partial charge on any atom is -0.457 e. The number of aromatic nitrogens is 3. The number of para-hydroxylation sites is 2. The van der Waals surface area contributed by atoms with Crippen LogP contribution in [0, 0.1) is 11.3 Å². The zero-order chi connectivity index (χ0) is 38.6. The molecule has 9 aromatic rings. The highest BCUT2D eigenvalue weighted by molar-refractivity contribution is 5.91. The van der Waals surface area contributed by atoms with E-state index in [1.807, 2.05) is 79.0 Å². The molecule has 0 unspecified atom stereocenters. The fourth-order valence-corrected chi connectivity index (χ4v) is 8.79. The van der Waals surface area contributed by atoms with Gasteiger partial charge in [-0.15, -0.1) is 0 Å². The van der Waals surface area contributed by atoms with Crippen molar-refractivity contribution < 1.29 is 4.74 Å². The van der Waals surface area contributed by atoms with E-state index in [2.05, 4.69) is 121 Å². The summed E-state index contributed by atoms with van der Waals surface area (Å²) in [5.41, 5.74) is 15.2. The molecule has 270 valence electrons. The molecule has 11 rings (SSSR count). The van der Waals surface area contributed by atoms with E-state index in [1.54, 1.807) is 0 Å². The Kier molecular flexibility index (Phi) is 7.70. The Morgan fingerprint density at radius 2 is 0.966 bits per heavy atom. The van der Waals surface area contributed by atoms with Gasteiger partial charge in [0.1, 0.15) is 11.5 Å². The third-order valence-electron chi connectivity index (χ3n) is 11.4. The molecular formula is C53H32N4O. The first kappa shape index (κ1) is 33.4. The second-order valence-electron chi connectivity index (χ2n) is 14.7. The number of nitrogens with zero attached hydrogens (tertiary/aromatic N) is 4. The highest BCUT2D eigenvalue weighted by atomic mass is 16.5. The molecule has 0 bridgehead atoms. The van der Waals surface area contributed by atoms with E-state index in [0.717, 1.165) is 95.3 Å². The van der Waals surface area contributed by atoms with Gasteiger partial charge in [0.05, 0.1) is 34.1 Å². The standard InChI is InChI=1S/C53H32N4O/c54-32-34-12-11-17-37(28-34)40-24-27-47(55-33-40)38-22-25-41-42-26-23-39(52-56-48(35-13-3-1-4-14-35)31-49(57-52)36-15-5-2-6-16-36)30-46(42)53(45(41)29-38)43-18-7-9-20-50(43)58-51-21-10-8-19-44(51)53/h1-31,33H. The number of hydrogen-bond acceptors (Lipinski definition) is 5. The number of benzene rings is 7. The van der Waals surface area contributed by atoms with Gasteiger partial charge in [-0.1, -0.05) is 140 Å².